The summed E-state index contributed by atoms with van der Waals surface area (Å²) >= 11 is 0. The van der Waals surface area contributed by atoms with Crippen LogP contribution < -0.4 is 5.32 Å². The maximum absolute atomic E-state index is 12.1. The SMILES string of the molecule is CS(=O)(=O)c1cc(C(=O)NC2CCC2)cc(S(=O)(=O)Cl)c1. The van der Waals surface area contributed by atoms with Gasteiger partial charge in [0.1, 0.15) is 0 Å². The van der Waals surface area contributed by atoms with Crippen molar-refractivity contribution in [2.45, 2.75) is 35.1 Å². The first-order chi connectivity index (χ1) is 9.57. The molecule has 1 aromatic rings. The van der Waals surface area contributed by atoms with Gasteiger partial charge in [-0.15, -0.1) is 0 Å². The van der Waals surface area contributed by atoms with Gasteiger partial charge in [-0.25, -0.2) is 16.8 Å². The van der Waals surface area contributed by atoms with Gasteiger partial charge < -0.3 is 5.32 Å². The van der Waals surface area contributed by atoms with Crippen LogP contribution in [0.2, 0.25) is 0 Å². The molecule has 1 fully saturated rings. The number of halogens is 1. The maximum atomic E-state index is 12.1. The second-order valence-electron chi connectivity index (χ2n) is 5.00. The molecule has 0 heterocycles. The zero-order valence-electron chi connectivity index (χ0n) is 11.2. The zero-order valence-corrected chi connectivity index (χ0v) is 13.6. The summed E-state index contributed by atoms with van der Waals surface area (Å²) in [5.41, 5.74) is -0.0379. The van der Waals surface area contributed by atoms with E-state index in [-0.39, 0.29) is 16.5 Å². The van der Waals surface area contributed by atoms with Gasteiger partial charge >= 0.3 is 0 Å². The summed E-state index contributed by atoms with van der Waals surface area (Å²) in [5.74, 6) is -0.508. The van der Waals surface area contributed by atoms with Gasteiger partial charge in [0.15, 0.2) is 9.84 Å². The minimum atomic E-state index is -4.13. The van der Waals surface area contributed by atoms with Crippen molar-refractivity contribution in [2.24, 2.45) is 0 Å². The van der Waals surface area contributed by atoms with Crippen molar-refractivity contribution >= 4 is 35.5 Å². The van der Waals surface area contributed by atoms with Crippen LogP contribution in [-0.4, -0.2) is 35.0 Å². The normalized spacial score (nSPS) is 16.3. The van der Waals surface area contributed by atoms with Crippen molar-refractivity contribution in [3.63, 3.8) is 0 Å². The molecule has 9 heteroatoms. The number of nitrogens with one attached hydrogen (secondary N) is 1. The first kappa shape index (κ1) is 16.3. The number of benzene rings is 1. The quantitative estimate of drug-likeness (QED) is 0.824. The Labute approximate surface area is 127 Å². The topological polar surface area (TPSA) is 97.4 Å². The first-order valence-electron chi connectivity index (χ1n) is 6.18. The standard InChI is InChI=1S/C12H14ClNO5S2/c1-20(16,17)10-5-8(6-11(7-10)21(13,18)19)12(15)14-9-3-2-4-9/h5-7,9H,2-4H2,1H3,(H,14,15). The molecule has 116 valence electrons. The Morgan fingerprint density at radius 2 is 1.71 bits per heavy atom. The predicted octanol–water partition coefficient (Wildman–Crippen LogP) is 1.30. The van der Waals surface area contributed by atoms with Crippen molar-refractivity contribution < 1.29 is 21.6 Å². The van der Waals surface area contributed by atoms with E-state index in [9.17, 15) is 21.6 Å². The number of carbonyl (C=O) groups excluding carboxylic acids is 1. The lowest BCUT2D eigenvalue weighted by atomic mass is 9.93. The van der Waals surface area contributed by atoms with Crippen LogP contribution >= 0.6 is 10.7 Å². The van der Waals surface area contributed by atoms with Crippen molar-refractivity contribution in [2.75, 3.05) is 6.26 Å². The van der Waals surface area contributed by atoms with E-state index in [2.05, 4.69) is 5.32 Å². The Hall–Kier alpha value is -1.12. The molecule has 1 saturated carbocycles. The third kappa shape index (κ3) is 3.96. The van der Waals surface area contributed by atoms with Crippen LogP contribution in [-0.2, 0) is 18.9 Å². The molecule has 1 aliphatic rings. The Kier molecular flexibility index (Phi) is 4.32. The number of sulfone groups is 1. The molecule has 0 aliphatic heterocycles. The van der Waals surface area contributed by atoms with Gasteiger partial charge in [-0.2, -0.15) is 0 Å². The Morgan fingerprint density at radius 1 is 1.14 bits per heavy atom. The monoisotopic (exact) mass is 351 g/mol. The summed E-state index contributed by atoms with van der Waals surface area (Å²) in [6, 6.07) is 3.22. The lowest BCUT2D eigenvalue weighted by molar-refractivity contribution is 0.0916. The molecule has 0 atom stereocenters. The van der Waals surface area contributed by atoms with Crippen molar-refractivity contribution in [1.29, 1.82) is 0 Å². The number of hydrogen-bond acceptors (Lipinski definition) is 5. The van der Waals surface area contributed by atoms with Gasteiger partial charge in [0.2, 0.25) is 0 Å². The van der Waals surface area contributed by atoms with Crippen LogP contribution in [0.1, 0.15) is 29.6 Å². The molecule has 21 heavy (non-hydrogen) atoms. The second-order valence-corrected chi connectivity index (χ2v) is 9.59. The highest BCUT2D eigenvalue weighted by Crippen LogP contribution is 2.23. The van der Waals surface area contributed by atoms with Crippen LogP contribution in [0.4, 0.5) is 0 Å². The number of hydrogen-bond donors (Lipinski definition) is 1. The Balaban J connectivity index is 2.47. The molecule has 0 spiro atoms. The minimum Gasteiger partial charge on any atom is -0.349 e. The van der Waals surface area contributed by atoms with Crippen LogP contribution in [0, 0.1) is 0 Å². The van der Waals surface area contributed by atoms with E-state index < -0.39 is 29.7 Å². The largest absolute Gasteiger partial charge is 0.349 e. The fourth-order valence-corrected chi connectivity index (χ4v) is 3.44. The van der Waals surface area contributed by atoms with E-state index in [4.69, 9.17) is 10.7 Å². The maximum Gasteiger partial charge on any atom is 0.261 e. The molecule has 0 radical (unpaired) electrons. The fourth-order valence-electron chi connectivity index (χ4n) is 1.88. The summed E-state index contributed by atoms with van der Waals surface area (Å²) in [6.07, 6.45) is 3.67. The highest BCUT2D eigenvalue weighted by molar-refractivity contribution is 8.13. The molecule has 1 N–H and O–H groups in total. The van der Waals surface area contributed by atoms with E-state index in [0.29, 0.717) is 0 Å². The van der Waals surface area contributed by atoms with E-state index >= 15 is 0 Å². The van der Waals surface area contributed by atoms with Crippen LogP contribution in [0.25, 0.3) is 0 Å². The van der Waals surface area contributed by atoms with Crippen molar-refractivity contribution in [3.05, 3.63) is 23.8 Å². The van der Waals surface area contributed by atoms with Gasteiger partial charge in [0.05, 0.1) is 9.79 Å². The molecule has 2 rings (SSSR count). The average molecular weight is 352 g/mol. The fraction of sp³-hybridized carbons (Fsp3) is 0.417. The minimum absolute atomic E-state index is 0.0379. The summed E-state index contributed by atoms with van der Waals surface area (Å²) in [7, 11) is -2.55. The lowest BCUT2D eigenvalue weighted by Crippen LogP contribution is -2.39. The third-order valence-electron chi connectivity index (χ3n) is 3.29. The summed E-state index contributed by atoms with van der Waals surface area (Å²) in [6.45, 7) is 0. The average Bonchev–Trinajstić information content (AvgIpc) is 2.30. The molecule has 0 bridgehead atoms. The zero-order chi connectivity index (χ0) is 15.8. The summed E-state index contributed by atoms with van der Waals surface area (Å²) in [4.78, 5) is 11.4. The van der Waals surface area contributed by atoms with Crippen LogP contribution in [0.5, 0.6) is 0 Å². The molecular formula is C12H14ClNO5S2. The highest BCUT2D eigenvalue weighted by atomic mass is 35.7. The summed E-state index contributed by atoms with van der Waals surface area (Å²) < 4.78 is 46.0. The molecule has 6 nitrogen and oxygen atoms in total. The van der Waals surface area contributed by atoms with Crippen molar-refractivity contribution in [3.8, 4) is 0 Å². The Bertz CT molecular complexity index is 732. The van der Waals surface area contributed by atoms with Gasteiger partial charge in [-0.05, 0) is 37.5 Å². The van der Waals surface area contributed by atoms with Gasteiger partial charge in [-0.1, -0.05) is 0 Å². The van der Waals surface area contributed by atoms with Crippen LogP contribution in [0.3, 0.4) is 0 Å². The van der Waals surface area contributed by atoms with E-state index in [1.54, 1.807) is 0 Å². The number of carbonyl (C=O) groups is 1. The van der Waals surface area contributed by atoms with Crippen LogP contribution in [0.15, 0.2) is 28.0 Å². The molecule has 1 amide bonds. The first-order valence-corrected chi connectivity index (χ1v) is 10.4. The molecule has 0 unspecified atom stereocenters. The smallest absolute Gasteiger partial charge is 0.261 e. The van der Waals surface area contributed by atoms with E-state index in [0.717, 1.165) is 43.7 Å². The van der Waals surface area contributed by atoms with Gasteiger partial charge in [-0.3, -0.25) is 4.79 Å². The number of rotatable bonds is 4. The third-order valence-corrected chi connectivity index (χ3v) is 5.72. The predicted molar refractivity (Wildman–Crippen MR) is 77.7 cm³/mol. The second kappa shape index (κ2) is 5.58. The molecule has 0 saturated heterocycles. The molecular weight excluding hydrogens is 338 g/mol. The van der Waals surface area contributed by atoms with E-state index in [1.807, 2.05) is 0 Å². The van der Waals surface area contributed by atoms with Gasteiger partial charge in [0, 0.05) is 28.5 Å². The number of amides is 1. The Morgan fingerprint density at radius 3 is 2.14 bits per heavy atom. The lowest BCUT2D eigenvalue weighted by Gasteiger charge is -2.26. The van der Waals surface area contributed by atoms with Gasteiger partial charge in [0.25, 0.3) is 15.0 Å². The molecule has 0 aromatic heterocycles. The highest BCUT2D eigenvalue weighted by Gasteiger charge is 2.23. The van der Waals surface area contributed by atoms with Crippen molar-refractivity contribution in [1.82, 2.24) is 5.32 Å². The summed E-state index contributed by atoms with van der Waals surface area (Å²) in [5, 5.41) is 2.72. The molecule has 1 aromatic carbocycles. The van der Waals surface area contributed by atoms with E-state index in [1.165, 1.54) is 0 Å². The molecule has 1 aliphatic carbocycles.